The zero-order valence-corrected chi connectivity index (χ0v) is 18.7. The maximum absolute atomic E-state index is 13.4. The zero-order valence-electron chi connectivity index (χ0n) is 17.9. The molecule has 0 saturated heterocycles. The van der Waals surface area contributed by atoms with Crippen molar-refractivity contribution in [2.45, 2.75) is 33.8 Å². The third-order valence-electron chi connectivity index (χ3n) is 5.09. The van der Waals surface area contributed by atoms with Gasteiger partial charge in [0.05, 0.1) is 17.4 Å². The average molecular weight is 433 g/mol. The Balaban J connectivity index is 1.71. The molecule has 6 heteroatoms. The predicted octanol–water partition coefficient (Wildman–Crippen LogP) is 5.55. The summed E-state index contributed by atoms with van der Waals surface area (Å²) >= 11 is 1.43. The Labute approximate surface area is 186 Å². The number of anilines is 2. The topological polar surface area (TPSA) is 58.6 Å². The van der Waals surface area contributed by atoms with Crippen LogP contribution < -0.4 is 15.0 Å². The molecule has 1 aliphatic rings. The number of imide groups is 1. The minimum atomic E-state index is -0.371. The number of ether oxygens (including phenoxy) is 1. The second-order valence-electron chi connectivity index (χ2n) is 7.76. The van der Waals surface area contributed by atoms with Crippen LogP contribution in [0, 0.1) is 13.8 Å². The maximum atomic E-state index is 13.4. The van der Waals surface area contributed by atoms with Gasteiger partial charge in [0, 0.05) is 10.6 Å². The molecule has 0 atom stereocenters. The molecular formula is C25H24N2O3S. The molecular weight excluding hydrogens is 408 g/mol. The van der Waals surface area contributed by atoms with Crippen molar-refractivity contribution >= 4 is 40.1 Å². The maximum Gasteiger partial charge on any atom is 0.282 e. The van der Waals surface area contributed by atoms with Gasteiger partial charge in [0.15, 0.2) is 0 Å². The monoisotopic (exact) mass is 432 g/mol. The smallest absolute Gasteiger partial charge is 0.282 e. The van der Waals surface area contributed by atoms with Gasteiger partial charge in [-0.25, -0.2) is 4.90 Å². The Morgan fingerprint density at radius 3 is 2.29 bits per heavy atom. The summed E-state index contributed by atoms with van der Waals surface area (Å²) in [6.45, 7) is 7.95. The van der Waals surface area contributed by atoms with E-state index < -0.39 is 0 Å². The molecule has 5 nitrogen and oxygen atoms in total. The van der Waals surface area contributed by atoms with E-state index in [1.54, 1.807) is 24.3 Å². The lowest BCUT2D eigenvalue weighted by molar-refractivity contribution is -0.120. The van der Waals surface area contributed by atoms with E-state index in [0.717, 1.165) is 21.7 Å². The van der Waals surface area contributed by atoms with E-state index in [1.807, 2.05) is 63.4 Å². The first-order valence-corrected chi connectivity index (χ1v) is 11.0. The van der Waals surface area contributed by atoms with Gasteiger partial charge in [-0.1, -0.05) is 12.1 Å². The fraction of sp³-hybridized carbons (Fsp3) is 0.200. The van der Waals surface area contributed by atoms with Gasteiger partial charge in [0.25, 0.3) is 11.8 Å². The molecule has 2 heterocycles. The molecule has 2 aromatic carbocycles. The summed E-state index contributed by atoms with van der Waals surface area (Å²) in [6.07, 6.45) is 0.0433. The highest BCUT2D eigenvalue weighted by Crippen LogP contribution is 2.36. The van der Waals surface area contributed by atoms with Crippen LogP contribution in [0.15, 0.2) is 65.7 Å². The van der Waals surface area contributed by atoms with E-state index in [9.17, 15) is 9.59 Å². The third-order valence-corrected chi connectivity index (χ3v) is 5.98. The SMILES string of the molecule is Cc1ccc(NC2=C(c3cccs3)C(=O)N(c3ccc(OC(C)C)cc3)C2=O)cc1C. The van der Waals surface area contributed by atoms with Crippen LogP contribution in [0.2, 0.25) is 0 Å². The van der Waals surface area contributed by atoms with Crippen LogP contribution in [0.5, 0.6) is 5.75 Å². The molecule has 0 radical (unpaired) electrons. The van der Waals surface area contributed by atoms with Crippen molar-refractivity contribution in [2.75, 3.05) is 10.2 Å². The number of amides is 2. The minimum absolute atomic E-state index is 0.0433. The van der Waals surface area contributed by atoms with Gasteiger partial charge < -0.3 is 10.1 Å². The van der Waals surface area contributed by atoms with Crippen LogP contribution in [-0.2, 0) is 9.59 Å². The zero-order chi connectivity index (χ0) is 22.1. The second kappa shape index (κ2) is 8.40. The lowest BCUT2D eigenvalue weighted by Gasteiger charge is -2.17. The minimum Gasteiger partial charge on any atom is -0.491 e. The normalized spacial score (nSPS) is 14.0. The van der Waals surface area contributed by atoms with Crippen molar-refractivity contribution < 1.29 is 14.3 Å². The number of rotatable bonds is 6. The summed E-state index contributed by atoms with van der Waals surface area (Å²) in [6, 6.07) is 16.6. The summed E-state index contributed by atoms with van der Waals surface area (Å²) < 4.78 is 5.68. The molecule has 0 aliphatic carbocycles. The first-order chi connectivity index (χ1) is 14.8. The lowest BCUT2D eigenvalue weighted by atomic mass is 10.1. The number of thiophene rings is 1. The number of aryl methyl sites for hydroxylation is 2. The standard InChI is InChI=1S/C25H24N2O3S/c1-15(2)30-20-11-9-19(10-12-20)27-24(28)22(21-6-5-13-31-21)23(25(27)29)26-18-8-7-16(3)17(4)14-18/h5-15,26H,1-4H3. The van der Waals surface area contributed by atoms with Gasteiger partial charge in [-0.2, -0.15) is 0 Å². The Bertz CT molecular complexity index is 1160. The van der Waals surface area contributed by atoms with Crippen molar-refractivity contribution in [1.82, 2.24) is 0 Å². The highest BCUT2D eigenvalue weighted by molar-refractivity contribution is 7.11. The number of hydrogen-bond acceptors (Lipinski definition) is 5. The molecule has 2 amide bonds. The molecule has 4 rings (SSSR count). The first-order valence-electron chi connectivity index (χ1n) is 10.1. The predicted molar refractivity (Wildman–Crippen MR) is 125 cm³/mol. The molecule has 1 aliphatic heterocycles. The Morgan fingerprint density at radius 1 is 0.935 bits per heavy atom. The van der Waals surface area contributed by atoms with Crippen LogP contribution in [0.1, 0.15) is 29.9 Å². The van der Waals surface area contributed by atoms with E-state index in [0.29, 0.717) is 22.7 Å². The van der Waals surface area contributed by atoms with Crippen molar-refractivity contribution in [2.24, 2.45) is 0 Å². The van der Waals surface area contributed by atoms with Gasteiger partial charge in [-0.05, 0) is 86.7 Å². The lowest BCUT2D eigenvalue weighted by Crippen LogP contribution is -2.32. The highest BCUT2D eigenvalue weighted by Gasteiger charge is 2.40. The van der Waals surface area contributed by atoms with Crippen LogP contribution in [0.4, 0.5) is 11.4 Å². The molecule has 0 saturated carbocycles. The summed E-state index contributed by atoms with van der Waals surface area (Å²) in [4.78, 5) is 28.8. The van der Waals surface area contributed by atoms with Gasteiger partial charge in [-0.3, -0.25) is 9.59 Å². The molecule has 31 heavy (non-hydrogen) atoms. The molecule has 0 unspecified atom stereocenters. The van der Waals surface area contributed by atoms with Crippen LogP contribution in [0.25, 0.3) is 5.57 Å². The highest BCUT2D eigenvalue weighted by atomic mass is 32.1. The van der Waals surface area contributed by atoms with Crippen LogP contribution in [-0.4, -0.2) is 17.9 Å². The fourth-order valence-electron chi connectivity index (χ4n) is 3.44. The van der Waals surface area contributed by atoms with E-state index in [4.69, 9.17) is 4.74 Å². The number of nitrogens with zero attached hydrogens (tertiary/aromatic N) is 1. The van der Waals surface area contributed by atoms with E-state index in [1.165, 1.54) is 16.2 Å². The quantitative estimate of drug-likeness (QED) is 0.519. The first kappa shape index (κ1) is 20.9. The number of hydrogen-bond donors (Lipinski definition) is 1. The van der Waals surface area contributed by atoms with Crippen molar-refractivity contribution in [3.63, 3.8) is 0 Å². The van der Waals surface area contributed by atoms with Gasteiger partial charge in [-0.15, -0.1) is 11.3 Å². The summed E-state index contributed by atoms with van der Waals surface area (Å²) in [5.41, 5.74) is 4.24. The third kappa shape index (κ3) is 4.11. The second-order valence-corrected chi connectivity index (χ2v) is 8.71. The largest absolute Gasteiger partial charge is 0.491 e. The summed E-state index contributed by atoms with van der Waals surface area (Å²) in [5.74, 6) is -0.0155. The molecule has 3 aromatic rings. The van der Waals surface area contributed by atoms with E-state index >= 15 is 0 Å². The Morgan fingerprint density at radius 2 is 1.68 bits per heavy atom. The average Bonchev–Trinajstić information content (AvgIpc) is 3.32. The molecule has 158 valence electrons. The molecule has 0 spiro atoms. The molecule has 1 aromatic heterocycles. The molecule has 0 fully saturated rings. The van der Waals surface area contributed by atoms with Gasteiger partial charge in [0.1, 0.15) is 11.4 Å². The summed E-state index contributed by atoms with van der Waals surface area (Å²) in [7, 11) is 0. The Kier molecular flexibility index (Phi) is 5.65. The fourth-order valence-corrected chi connectivity index (χ4v) is 4.21. The number of benzene rings is 2. The number of carbonyl (C=O) groups excluding carboxylic acids is 2. The molecule has 1 N–H and O–H groups in total. The Hall–Kier alpha value is -3.38. The van der Waals surface area contributed by atoms with Gasteiger partial charge >= 0.3 is 0 Å². The van der Waals surface area contributed by atoms with Crippen molar-refractivity contribution in [3.8, 4) is 5.75 Å². The van der Waals surface area contributed by atoms with E-state index in [2.05, 4.69) is 5.32 Å². The number of nitrogens with one attached hydrogen (secondary N) is 1. The van der Waals surface area contributed by atoms with Crippen LogP contribution >= 0.6 is 11.3 Å². The number of carbonyl (C=O) groups is 2. The van der Waals surface area contributed by atoms with Crippen molar-refractivity contribution in [3.05, 3.63) is 81.7 Å². The van der Waals surface area contributed by atoms with Crippen molar-refractivity contribution in [1.29, 1.82) is 0 Å². The summed E-state index contributed by atoms with van der Waals surface area (Å²) in [5, 5.41) is 5.11. The van der Waals surface area contributed by atoms with E-state index in [-0.39, 0.29) is 17.9 Å². The molecule has 0 bridgehead atoms. The van der Waals surface area contributed by atoms with Crippen LogP contribution in [0.3, 0.4) is 0 Å². The van der Waals surface area contributed by atoms with Gasteiger partial charge in [0.2, 0.25) is 0 Å².